The minimum absolute atomic E-state index is 0.0411. The molecule has 0 bridgehead atoms. The van der Waals surface area contributed by atoms with Crippen molar-refractivity contribution in [3.05, 3.63) is 47.0 Å². The minimum Gasteiger partial charge on any atom is -0.374 e. The van der Waals surface area contributed by atoms with Gasteiger partial charge in [-0.15, -0.1) is 0 Å². The number of carbonyl (C=O) groups excluding carboxylic acids is 1. The molecule has 1 aromatic carbocycles. The maximum atomic E-state index is 11.2. The molecule has 2 rings (SSSR count). The number of imidazole rings is 1. The molecular weight excluding hydrogens is 264 g/mol. The highest BCUT2D eigenvalue weighted by atomic mass is 35.5. The van der Waals surface area contributed by atoms with Crippen LogP contribution >= 0.6 is 11.6 Å². The van der Waals surface area contributed by atoms with Crippen molar-refractivity contribution in [3.8, 4) is 0 Å². The third-order valence-corrected chi connectivity index (χ3v) is 3.20. The third-order valence-electron chi connectivity index (χ3n) is 2.87. The van der Waals surface area contributed by atoms with Crippen LogP contribution < -0.4 is 11.1 Å². The lowest BCUT2D eigenvalue weighted by atomic mass is 10.1. The molecule has 6 heteroatoms. The highest BCUT2D eigenvalue weighted by Crippen LogP contribution is 2.26. The third kappa shape index (κ3) is 2.88. The monoisotopic (exact) mass is 278 g/mol. The number of primary amides is 1. The second-order valence-corrected chi connectivity index (χ2v) is 4.73. The number of anilines is 1. The van der Waals surface area contributed by atoms with Gasteiger partial charge in [-0.1, -0.05) is 11.6 Å². The molecule has 5 nitrogen and oxygen atoms in total. The Morgan fingerprint density at radius 1 is 1.53 bits per heavy atom. The highest BCUT2D eigenvalue weighted by molar-refractivity contribution is 6.33. The number of aryl methyl sites for hydroxylation is 1. The van der Waals surface area contributed by atoms with E-state index in [0.717, 1.165) is 5.82 Å². The van der Waals surface area contributed by atoms with Crippen molar-refractivity contribution in [2.24, 2.45) is 12.8 Å². The summed E-state index contributed by atoms with van der Waals surface area (Å²) >= 11 is 6.10. The molecule has 0 fully saturated rings. The Kier molecular flexibility index (Phi) is 3.76. The van der Waals surface area contributed by atoms with Crippen LogP contribution in [0.2, 0.25) is 5.02 Å². The van der Waals surface area contributed by atoms with Gasteiger partial charge >= 0.3 is 0 Å². The van der Waals surface area contributed by atoms with E-state index in [-0.39, 0.29) is 6.04 Å². The molecule has 1 heterocycles. The van der Waals surface area contributed by atoms with Gasteiger partial charge in [0.05, 0.1) is 16.8 Å². The van der Waals surface area contributed by atoms with Crippen LogP contribution in [0, 0.1) is 0 Å². The zero-order valence-corrected chi connectivity index (χ0v) is 11.5. The first-order valence-electron chi connectivity index (χ1n) is 5.82. The van der Waals surface area contributed by atoms with Crippen molar-refractivity contribution in [2.75, 3.05) is 5.32 Å². The lowest BCUT2D eigenvalue weighted by Crippen LogP contribution is -2.14. The van der Waals surface area contributed by atoms with Crippen molar-refractivity contribution < 1.29 is 4.79 Å². The van der Waals surface area contributed by atoms with Crippen LogP contribution in [0.15, 0.2) is 30.6 Å². The summed E-state index contributed by atoms with van der Waals surface area (Å²) in [7, 11) is 1.92. The molecule has 0 aliphatic heterocycles. The maximum absolute atomic E-state index is 11.2. The van der Waals surface area contributed by atoms with Crippen LogP contribution in [0.3, 0.4) is 0 Å². The SMILES string of the molecule is CC(Nc1cc(C(N)=O)ccc1Cl)c1nccn1C. The van der Waals surface area contributed by atoms with Crippen molar-refractivity contribution in [3.63, 3.8) is 0 Å². The van der Waals surface area contributed by atoms with Crippen LogP contribution in [-0.4, -0.2) is 15.5 Å². The van der Waals surface area contributed by atoms with E-state index >= 15 is 0 Å². The van der Waals surface area contributed by atoms with E-state index in [2.05, 4.69) is 10.3 Å². The Morgan fingerprint density at radius 3 is 2.84 bits per heavy atom. The zero-order valence-electron chi connectivity index (χ0n) is 10.7. The summed E-state index contributed by atoms with van der Waals surface area (Å²) in [6.45, 7) is 1.97. The van der Waals surface area contributed by atoms with Crippen LogP contribution in [-0.2, 0) is 7.05 Å². The summed E-state index contributed by atoms with van der Waals surface area (Å²) < 4.78 is 1.92. The van der Waals surface area contributed by atoms with Crippen LogP contribution in [0.5, 0.6) is 0 Å². The predicted octanol–water partition coefficient (Wildman–Crippen LogP) is 2.35. The summed E-state index contributed by atoms with van der Waals surface area (Å²) in [6, 6.07) is 4.85. The molecule has 0 saturated heterocycles. The number of nitrogens with zero attached hydrogens (tertiary/aromatic N) is 2. The lowest BCUT2D eigenvalue weighted by molar-refractivity contribution is 0.100. The second kappa shape index (κ2) is 5.32. The Morgan fingerprint density at radius 2 is 2.26 bits per heavy atom. The molecule has 0 aliphatic rings. The van der Waals surface area contributed by atoms with E-state index < -0.39 is 5.91 Å². The minimum atomic E-state index is -0.482. The number of hydrogen-bond donors (Lipinski definition) is 2. The Labute approximate surface area is 116 Å². The van der Waals surface area contributed by atoms with Crippen LogP contribution in [0.25, 0.3) is 0 Å². The first kappa shape index (κ1) is 13.4. The normalized spacial score (nSPS) is 12.2. The van der Waals surface area contributed by atoms with Crippen molar-refractivity contribution >= 4 is 23.2 Å². The number of rotatable bonds is 4. The van der Waals surface area contributed by atoms with E-state index in [9.17, 15) is 4.79 Å². The average Bonchev–Trinajstić information content (AvgIpc) is 2.78. The predicted molar refractivity (Wildman–Crippen MR) is 75.2 cm³/mol. The second-order valence-electron chi connectivity index (χ2n) is 4.32. The lowest BCUT2D eigenvalue weighted by Gasteiger charge is -2.16. The van der Waals surface area contributed by atoms with E-state index in [1.807, 2.05) is 24.7 Å². The van der Waals surface area contributed by atoms with Gasteiger partial charge in [-0.2, -0.15) is 0 Å². The first-order chi connectivity index (χ1) is 8.99. The molecule has 2 aromatic rings. The molecule has 1 amide bonds. The molecule has 19 heavy (non-hydrogen) atoms. The molecule has 0 radical (unpaired) electrons. The summed E-state index contributed by atoms with van der Waals surface area (Å²) in [5.74, 6) is 0.393. The van der Waals surface area contributed by atoms with Gasteiger partial charge < -0.3 is 15.6 Å². The highest BCUT2D eigenvalue weighted by Gasteiger charge is 2.13. The number of carbonyl (C=O) groups is 1. The molecule has 1 unspecified atom stereocenters. The molecule has 100 valence electrons. The van der Waals surface area contributed by atoms with Gasteiger partial charge in [0.15, 0.2) is 0 Å². The summed E-state index contributed by atoms with van der Waals surface area (Å²) in [5.41, 5.74) is 6.33. The van der Waals surface area contributed by atoms with Gasteiger partial charge in [-0.3, -0.25) is 4.79 Å². The maximum Gasteiger partial charge on any atom is 0.248 e. The van der Waals surface area contributed by atoms with Crippen LogP contribution in [0.1, 0.15) is 29.1 Å². The Hall–Kier alpha value is -2.01. The molecule has 1 aromatic heterocycles. The number of aromatic nitrogens is 2. The number of amides is 1. The van der Waals surface area contributed by atoms with Gasteiger partial charge in [0.25, 0.3) is 0 Å². The zero-order chi connectivity index (χ0) is 14.0. The van der Waals surface area contributed by atoms with E-state index in [1.165, 1.54) is 0 Å². The average molecular weight is 279 g/mol. The van der Waals surface area contributed by atoms with Crippen molar-refractivity contribution in [1.29, 1.82) is 0 Å². The summed E-state index contributed by atoms with van der Waals surface area (Å²) in [5, 5.41) is 3.76. The first-order valence-corrected chi connectivity index (χ1v) is 6.20. The topological polar surface area (TPSA) is 72.9 Å². The fourth-order valence-electron chi connectivity index (χ4n) is 1.88. The van der Waals surface area contributed by atoms with Gasteiger partial charge in [-0.25, -0.2) is 4.98 Å². The van der Waals surface area contributed by atoms with Gasteiger partial charge in [0.1, 0.15) is 5.82 Å². The molecule has 0 spiro atoms. The number of hydrogen-bond acceptors (Lipinski definition) is 3. The van der Waals surface area contributed by atoms with Crippen LogP contribution in [0.4, 0.5) is 5.69 Å². The van der Waals surface area contributed by atoms with Gasteiger partial charge in [-0.05, 0) is 25.1 Å². The quantitative estimate of drug-likeness (QED) is 0.902. The summed E-state index contributed by atoms with van der Waals surface area (Å²) in [4.78, 5) is 15.4. The standard InChI is InChI=1S/C13H15ClN4O/c1-8(13-16-5-6-18(13)2)17-11-7-9(12(15)19)3-4-10(11)14/h3-8,17H,1-2H3,(H2,15,19). The molecule has 3 N–H and O–H groups in total. The molecular formula is C13H15ClN4O. The molecule has 0 saturated carbocycles. The number of benzene rings is 1. The fourth-order valence-corrected chi connectivity index (χ4v) is 2.05. The van der Waals surface area contributed by atoms with Gasteiger partial charge in [0, 0.05) is 25.0 Å². The van der Waals surface area contributed by atoms with E-state index in [0.29, 0.717) is 16.3 Å². The fraction of sp³-hybridized carbons (Fsp3) is 0.231. The Balaban J connectivity index is 2.26. The molecule has 1 atom stereocenters. The molecule has 0 aliphatic carbocycles. The number of nitrogens with two attached hydrogens (primary N) is 1. The largest absolute Gasteiger partial charge is 0.374 e. The van der Waals surface area contributed by atoms with Crippen molar-refractivity contribution in [1.82, 2.24) is 9.55 Å². The smallest absolute Gasteiger partial charge is 0.248 e. The Bertz CT molecular complexity index is 608. The van der Waals surface area contributed by atoms with Gasteiger partial charge in [0.2, 0.25) is 5.91 Å². The van der Waals surface area contributed by atoms with Crippen molar-refractivity contribution in [2.45, 2.75) is 13.0 Å². The van der Waals surface area contributed by atoms with E-state index in [4.69, 9.17) is 17.3 Å². The summed E-state index contributed by atoms with van der Waals surface area (Å²) in [6.07, 6.45) is 3.60. The number of halogens is 1. The number of nitrogens with one attached hydrogen (secondary N) is 1. The van der Waals surface area contributed by atoms with E-state index in [1.54, 1.807) is 24.4 Å².